The van der Waals surface area contributed by atoms with Crippen molar-refractivity contribution in [1.29, 1.82) is 0 Å². The maximum Gasteiger partial charge on any atom is 0.220 e. The SMILES string of the molecule is CCCCCCC(=O)NC/C(N)=C/N(N)CCC(C)C. The molecule has 0 aromatic rings. The molecule has 0 bridgehead atoms. The minimum absolute atomic E-state index is 0.0585. The second kappa shape index (κ2) is 11.6. The molecule has 0 aliphatic rings. The maximum atomic E-state index is 11.6. The molecule has 0 unspecified atom stereocenters. The van der Waals surface area contributed by atoms with Crippen LogP contribution in [0.3, 0.4) is 0 Å². The van der Waals surface area contributed by atoms with Gasteiger partial charge in [0.25, 0.3) is 0 Å². The molecular weight excluding hydrogens is 252 g/mol. The van der Waals surface area contributed by atoms with Gasteiger partial charge in [-0.1, -0.05) is 40.0 Å². The normalized spacial score (nSPS) is 11.8. The lowest BCUT2D eigenvalue weighted by molar-refractivity contribution is -0.121. The molecule has 1 amide bonds. The summed E-state index contributed by atoms with van der Waals surface area (Å²) in [5, 5.41) is 4.40. The number of amides is 1. The topological polar surface area (TPSA) is 84.4 Å². The quantitative estimate of drug-likeness (QED) is 0.308. The number of carbonyl (C=O) groups excluding carboxylic acids is 1. The number of hydrazine groups is 1. The van der Waals surface area contributed by atoms with Gasteiger partial charge in [0, 0.05) is 24.9 Å². The summed E-state index contributed by atoms with van der Waals surface area (Å²) in [6.07, 6.45) is 7.71. The summed E-state index contributed by atoms with van der Waals surface area (Å²) >= 11 is 0. The van der Waals surface area contributed by atoms with Gasteiger partial charge in [-0.3, -0.25) is 4.79 Å². The lowest BCUT2D eigenvalue weighted by Gasteiger charge is -2.16. The van der Waals surface area contributed by atoms with Crippen LogP contribution in [0.4, 0.5) is 0 Å². The lowest BCUT2D eigenvalue weighted by atomic mass is 10.1. The van der Waals surface area contributed by atoms with E-state index in [0.717, 1.165) is 25.8 Å². The molecule has 20 heavy (non-hydrogen) atoms. The first-order valence-corrected chi connectivity index (χ1v) is 7.69. The average Bonchev–Trinajstić information content (AvgIpc) is 2.39. The zero-order valence-electron chi connectivity index (χ0n) is 13.3. The minimum Gasteiger partial charge on any atom is -0.399 e. The van der Waals surface area contributed by atoms with Gasteiger partial charge in [0.2, 0.25) is 5.91 Å². The molecule has 0 spiro atoms. The largest absolute Gasteiger partial charge is 0.399 e. The Kier molecular flexibility index (Phi) is 10.9. The van der Waals surface area contributed by atoms with Crippen LogP contribution in [0.25, 0.3) is 0 Å². The van der Waals surface area contributed by atoms with Crippen molar-refractivity contribution in [3.63, 3.8) is 0 Å². The summed E-state index contributed by atoms with van der Waals surface area (Å²) in [5.41, 5.74) is 6.41. The summed E-state index contributed by atoms with van der Waals surface area (Å²) < 4.78 is 0. The van der Waals surface area contributed by atoms with Gasteiger partial charge < -0.3 is 16.1 Å². The molecule has 5 nitrogen and oxygen atoms in total. The Labute approximate surface area is 123 Å². The van der Waals surface area contributed by atoms with Gasteiger partial charge in [0.15, 0.2) is 0 Å². The third-order valence-electron chi connectivity index (χ3n) is 3.04. The summed E-state index contributed by atoms with van der Waals surface area (Å²) in [5.74, 6) is 6.48. The van der Waals surface area contributed by atoms with Crippen LogP contribution in [0.5, 0.6) is 0 Å². The Balaban J connectivity index is 3.78. The summed E-state index contributed by atoms with van der Waals surface area (Å²) in [4.78, 5) is 11.6. The van der Waals surface area contributed by atoms with E-state index in [2.05, 4.69) is 26.1 Å². The van der Waals surface area contributed by atoms with Crippen molar-refractivity contribution in [1.82, 2.24) is 10.3 Å². The van der Waals surface area contributed by atoms with Gasteiger partial charge in [0.1, 0.15) is 0 Å². The van der Waals surface area contributed by atoms with E-state index in [9.17, 15) is 4.79 Å². The van der Waals surface area contributed by atoms with Crippen LogP contribution in [0.1, 0.15) is 59.3 Å². The number of nitrogens with one attached hydrogen (secondary N) is 1. The molecule has 0 radical (unpaired) electrons. The van der Waals surface area contributed by atoms with E-state index < -0.39 is 0 Å². The number of nitrogens with zero attached hydrogens (tertiary/aromatic N) is 1. The zero-order chi connectivity index (χ0) is 15.4. The number of unbranched alkanes of at least 4 members (excludes halogenated alkanes) is 3. The molecule has 0 saturated carbocycles. The molecular formula is C15H32N4O. The number of rotatable bonds is 11. The first kappa shape index (κ1) is 18.8. The molecule has 0 fully saturated rings. The molecule has 5 N–H and O–H groups in total. The van der Waals surface area contributed by atoms with Crippen LogP contribution in [0.15, 0.2) is 11.9 Å². The van der Waals surface area contributed by atoms with Gasteiger partial charge >= 0.3 is 0 Å². The lowest BCUT2D eigenvalue weighted by Crippen LogP contribution is -2.32. The molecule has 0 saturated heterocycles. The van der Waals surface area contributed by atoms with E-state index >= 15 is 0 Å². The van der Waals surface area contributed by atoms with Crippen LogP contribution < -0.4 is 16.9 Å². The van der Waals surface area contributed by atoms with Crippen molar-refractivity contribution >= 4 is 5.91 Å². The van der Waals surface area contributed by atoms with Gasteiger partial charge in [-0.25, -0.2) is 5.84 Å². The summed E-state index contributed by atoms with van der Waals surface area (Å²) in [6, 6.07) is 0. The molecule has 5 heteroatoms. The average molecular weight is 284 g/mol. The highest BCUT2D eigenvalue weighted by atomic mass is 16.1. The van der Waals surface area contributed by atoms with Crippen LogP contribution >= 0.6 is 0 Å². The monoisotopic (exact) mass is 284 g/mol. The molecule has 0 rings (SSSR count). The molecule has 0 aliphatic heterocycles. The Morgan fingerprint density at radius 1 is 1.30 bits per heavy atom. The Bertz CT molecular complexity index is 290. The van der Waals surface area contributed by atoms with Crippen LogP contribution in [-0.4, -0.2) is 24.0 Å². The van der Waals surface area contributed by atoms with Crippen molar-refractivity contribution < 1.29 is 4.79 Å². The zero-order valence-corrected chi connectivity index (χ0v) is 13.3. The second-order valence-electron chi connectivity index (χ2n) is 5.71. The van der Waals surface area contributed by atoms with Crippen molar-refractivity contribution in [2.24, 2.45) is 17.5 Å². The standard InChI is InChI=1S/C15H32N4O/c1-4-5-6-7-8-15(20)18-11-14(16)12-19(17)10-9-13(2)3/h12-13H,4-11,16-17H2,1-3H3,(H,18,20)/b14-12-. The van der Waals surface area contributed by atoms with Crippen LogP contribution in [-0.2, 0) is 4.79 Å². The fraction of sp³-hybridized carbons (Fsp3) is 0.800. The molecule has 0 atom stereocenters. The minimum atomic E-state index is 0.0585. The van der Waals surface area contributed by atoms with Crippen LogP contribution in [0.2, 0.25) is 0 Å². The van der Waals surface area contributed by atoms with E-state index in [4.69, 9.17) is 11.6 Å². The predicted octanol–water partition coefficient (Wildman–Crippen LogP) is 2.09. The molecule has 0 heterocycles. The number of hydrogen-bond acceptors (Lipinski definition) is 4. The van der Waals surface area contributed by atoms with E-state index in [1.54, 1.807) is 11.2 Å². The third-order valence-corrected chi connectivity index (χ3v) is 3.04. The smallest absolute Gasteiger partial charge is 0.220 e. The van der Waals surface area contributed by atoms with Gasteiger partial charge in [-0.15, -0.1) is 0 Å². The van der Waals surface area contributed by atoms with Gasteiger partial charge in [-0.05, 0) is 18.8 Å². The maximum absolute atomic E-state index is 11.6. The highest BCUT2D eigenvalue weighted by Gasteiger charge is 2.02. The molecule has 0 aromatic carbocycles. The summed E-state index contributed by atoms with van der Waals surface area (Å²) in [7, 11) is 0. The van der Waals surface area contributed by atoms with Gasteiger partial charge in [0.05, 0.1) is 6.54 Å². The first-order chi connectivity index (χ1) is 9.45. The molecule has 118 valence electrons. The first-order valence-electron chi connectivity index (χ1n) is 7.69. The Morgan fingerprint density at radius 3 is 2.60 bits per heavy atom. The fourth-order valence-corrected chi connectivity index (χ4v) is 1.73. The van der Waals surface area contributed by atoms with E-state index in [-0.39, 0.29) is 5.91 Å². The van der Waals surface area contributed by atoms with E-state index in [0.29, 0.717) is 24.6 Å². The predicted molar refractivity (Wildman–Crippen MR) is 84.4 cm³/mol. The second-order valence-corrected chi connectivity index (χ2v) is 5.71. The highest BCUT2D eigenvalue weighted by Crippen LogP contribution is 2.02. The van der Waals surface area contributed by atoms with E-state index in [1.165, 1.54) is 12.8 Å². The van der Waals surface area contributed by atoms with Crippen molar-refractivity contribution in [2.75, 3.05) is 13.1 Å². The third kappa shape index (κ3) is 11.8. The van der Waals surface area contributed by atoms with Crippen molar-refractivity contribution in [2.45, 2.75) is 59.3 Å². The van der Waals surface area contributed by atoms with Gasteiger partial charge in [-0.2, -0.15) is 0 Å². The molecule has 0 aliphatic carbocycles. The van der Waals surface area contributed by atoms with Crippen LogP contribution in [0, 0.1) is 5.92 Å². The number of carbonyl (C=O) groups is 1. The molecule has 0 aromatic heterocycles. The highest BCUT2D eigenvalue weighted by molar-refractivity contribution is 5.76. The Hall–Kier alpha value is -1.23. The van der Waals surface area contributed by atoms with E-state index in [1.807, 2.05) is 0 Å². The number of nitrogens with two attached hydrogens (primary N) is 2. The number of hydrogen-bond donors (Lipinski definition) is 3. The Morgan fingerprint density at radius 2 is 2.00 bits per heavy atom. The fourth-order valence-electron chi connectivity index (χ4n) is 1.73. The van der Waals surface area contributed by atoms with Crippen molar-refractivity contribution in [3.05, 3.63) is 11.9 Å². The van der Waals surface area contributed by atoms with Crippen molar-refractivity contribution in [3.8, 4) is 0 Å². The summed E-state index contributed by atoms with van der Waals surface area (Å²) in [6.45, 7) is 7.59.